The lowest BCUT2D eigenvalue weighted by Crippen LogP contribution is -2.31. The molecule has 1 aliphatic rings. The van der Waals surface area contributed by atoms with Gasteiger partial charge in [-0.1, -0.05) is 47.1 Å². The molecule has 0 radical (unpaired) electrons. The molecule has 3 nitrogen and oxygen atoms in total. The van der Waals surface area contributed by atoms with Crippen molar-refractivity contribution in [3.05, 3.63) is 68.3 Å². The highest BCUT2D eigenvalue weighted by Crippen LogP contribution is 2.33. The first-order chi connectivity index (χ1) is 11.4. The van der Waals surface area contributed by atoms with Crippen molar-refractivity contribution in [3.63, 3.8) is 0 Å². The van der Waals surface area contributed by atoms with Gasteiger partial charge in [-0.25, -0.2) is 4.39 Å². The van der Waals surface area contributed by atoms with Crippen molar-refractivity contribution >= 4 is 52.6 Å². The van der Waals surface area contributed by atoms with Crippen molar-refractivity contribution in [3.8, 4) is 0 Å². The van der Waals surface area contributed by atoms with Crippen molar-refractivity contribution in [2.45, 2.75) is 12.4 Å². The maximum absolute atomic E-state index is 13.9. The number of carbonyl (C=O) groups excluding carboxylic acids is 1. The molecule has 2 aromatic carbocycles. The van der Waals surface area contributed by atoms with Gasteiger partial charge < -0.3 is 10.6 Å². The molecule has 2 N–H and O–H groups in total. The number of nitrogens with one attached hydrogen (secondary N) is 2. The number of halogens is 3. The molecule has 0 aromatic heterocycles. The summed E-state index contributed by atoms with van der Waals surface area (Å²) in [4.78, 5) is 12.5. The molecule has 1 saturated heterocycles. The van der Waals surface area contributed by atoms with E-state index in [0.29, 0.717) is 9.93 Å². The van der Waals surface area contributed by atoms with Crippen molar-refractivity contribution in [1.29, 1.82) is 0 Å². The standard InChI is InChI=1S/C17H13Cl2FN2OS/c1-9-5-6-10(18)7-14(9)21-17-22-16(23)15(24-17)8-11-12(19)3-2-4-13(11)20/h2-8,17,21H,1H3,(H,22,23)/b15-8-. The van der Waals surface area contributed by atoms with E-state index >= 15 is 0 Å². The molecule has 3 rings (SSSR count). The third-order valence-electron chi connectivity index (χ3n) is 3.49. The van der Waals surface area contributed by atoms with E-state index in [1.54, 1.807) is 18.2 Å². The van der Waals surface area contributed by atoms with Crippen LogP contribution in [0, 0.1) is 12.7 Å². The Kier molecular flexibility index (Phi) is 5.04. The monoisotopic (exact) mass is 382 g/mol. The first-order valence-electron chi connectivity index (χ1n) is 7.10. The van der Waals surface area contributed by atoms with E-state index in [1.807, 2.05) is 13.0 Å². The number of rotatable bonds is 3. The normalized spacial score (nSPS) is 18.8. The van der Waals surface area contributed by atoms with Gasteiger partial charge in [0.25, 0.3) is 5.91 Å². The molecule has 1 unspecified atom stereocenters. The highest BCUT2D eigenvalue weighted by atomic mass is 35.5. The van der Waals surface area contributed by atoms with Crippen molar-refractivity contribution < 1.29 is 9.18 Å². The molecule has 124 valence electrons. The number of amides is 1. The largest absolute Gasteiger partial charge is 0.356 e. The van der Waals surface area contributed by atoms with Crippen LogP contribution in [0.15, 0.2) is 41.3 Å². The van der Waals surface area contributed by atoms with Crippen LogP contribution in [-0.2, 0) is 4.79 Å². The number of anilines is 1. The highest BCUT2D eigenvalue weighted by Gasteiger charge is 2.28. The van der Waals surface area contributed by atoms with Crippen LogP contribution in [0.3, 0.4) is 0 Å². The van der Waals surface area contributed by atoms with E-state index in [0.717, 1.165) is 11.3 Å². The Morgan fingerprint density at radius 3 is 2.83 bits per heavy atom. The lowest BCUT2D eigenvalue weighted by molar-refractivity contribution is -0.116. The van der Waals surface area contributed by atoms with Crippen molar-refractivity contribution in [1.82, 2.24) is 5.32 Å². The quantitative estimate of drug-likeness (QED) is 0.730. The van der Waals surface area contributed by atoms with Gasteiger partial charge in [0.2, 0.25) is 0 Å². The molecule has 2 aromatic rings. The van der Waals surface area contributed by atoms with Crippen LogP contribution >= 0.6 is 35.0 Å². The first kappa shape index (κ1) is 17.1. The Labute approximate surface area is 153 Å². The summed E-state index contributed by atoms with van der Waals surface area (Å²) >= 11 is 13.3. The molecule has 1 amide bonds. The molecular weight excluding hydrogens is 370 g/mol. The summed E-state index contributed by atoms with van der Waals surface area (Å²) < 4.78 is 13.9. The predicted octanol–water partition coefficient (Wildman–Crippen LogP) is 5.04. The Morgan fingerprint density at radius 2 is 2.08 bits per heavy atom. The minimum atomic E-state index is -0.467. The van der Waals surface area contributed by atoms with Crippen LogP contribution in [0.1, 0.15) is 11.1 Å². The highest BCUT2D eigenvalue weighted by molar-refractivity contribution is 8.05. The SMILES string of the molecule is Cc1ccc(Cl)cc1NC1NC(=O)/C(=C/c2c(F)cccc2Cl)S1. The topological polar surface area (TPSA) is 41.1 Å². The zero-order chi connectivity index (χ0) is 17.3. The summed E-state index contributed by atoms with van der Waals surface area (Å²) in [6.45, 7) is 1.94. The lowest BCUT2D eigenvalue weighted by atomic mass is 10.2. The van der Waals surface area contributed by atoms with Crippen molar-refractivity contribution in [2.75, 3.05) is 5.32 Å². The lowest BCUT2D eigenvalue weighted by Gasteiger charge is -2.15. The summed E-state index contributed by atoms with van der Waals surface area (Å²) in [5.41, 5.74) is 1.66. The summed E-state index contributed by atoms with van der Waals surface area (Å²) in [6, 6.07) is 9.89. The Hall–Kier alpha value is -1.69. The number of hydrogen-bond donors (Lipinski definition) is 2. The molecule has 1 fully saturated rings. The van der Waals surface area contributed by atoms with Crippen LogP contribution in [0.5, 0.6) is 0 Å². The van der Waals surface area contributed by atoms with E-state index in [9.17, 15) is 9.18 Å². The molecule has 1 aliphatic heterocycles. The summed E-state index contributed by atoms with van der Waals surface area (Å²) in [7, 11) is 0. The molecule has 1 heterocycles. The van der Waals surface area contributed by atoms with Gasteiger partial charge in [-0.3, -0.25) is 4.79 Å². The number of carbonyl (C=O) groups is 1. The Morgan fingerprint density at radius 1 is 1.29 bits per heavy atom. The van der Waals surface area contributed by atoms with Gasteiger partial charge in [0.05, 0.1) is 9.93 Å². The zero-order valence-corrected chi connectivity index (χ0v) is 14.9. The van der Waals surface area contributed by atoms with Gasteiger partial charge >= 0.3 is 0 Å². The second kappa shape index (κ2) is 7.05. The first-order valence-corrected chi connectivity index (χ1v) is 8.73. The molecule has 1 atom stereocenters. The summed E-state index contributed by atoms with van der Waals surface area (Å²) in [5.74, 6) is -0.748. The van der Waals surface area contributed by atoms with E-state index in [4.69, 9.17) is 23.2 Å². The van der Waals surface area contributed by atoms with Gasteiger partial charge in [0.1, 0.15) is 5.82 Å². The number of hydrogen-bond acceptors (Lipinski definition) is 3. The van der Waals surface area contributed by atoms with E-state index in [-0.39, 0.29) is 22.0 Å². The molecule has 0 saturated carbocycles. The Balaban J connectivity index is 1.81. The van der Waals surface area contributed by atoms with Gasteiger partial charge in [-0.15, -0.1) is 0 Å². The maximum Gasteiger partial charge on any atom is 0.260 e. The molecule has 0 spiro atoms. The number of aryl methyl sites for hydroxylation is 1. The second-order valence-corrected chi connectivity index (χ2v) is 7.21. The molecular formula is C17H13Cl2FN2OS. The summed E-state index contributed by atoms with van der Waals surface area (Å²) in [6.07, 6.45) is 1.46. The average Bonchev–Trinajstić information content (AvgIpc) is 2.86. The van der Waals surface area contributed by atoms with E-state index in [1.165, 1.54) is 30.0 Å². The van der Waals surface area contributed by atoms with E-state index in [2.05, 4.69) is 10.6 Å². The molecule has 24 heavy (non-hydrogen) atoms. The van der Waals surface area contributed by atoms with Crippen LogP contribution in [0.25, 0.3) is 6.08 Å². The minimum Gasteiger partial charge on any atom is -0.356 e. The average molecular weight is 383 g/mol. The molecule has 0 aliphatic carbocycles. The fourth-order valence-corrected chi connectivity index (χ4v) is 3.58. The smallest absolute Gasteiger partial charge is 0.260 e. The van der Waals surface area contributed by atoms with Gasteiger partial charge in [0, 0.05) is 16.3 Å². The molecule has 0 bridgehead atoms. The van der Waals surface area contributed by atoms with E-state index < -0.39 is 5.82 Å². The summed E-state index contributed by atoms with van der Waals surface area (Å²) in [5, 5.41) is 6.86. The number of thioether (sulfide) groups is 1. The third kappa shape index (κ3) is 3.69. The number of benzene rings is 2. The van der Waals surface area contributed by atoms with Crippen LogP contribution in [0.2, 0.25) is 10.0 Å². The molecule has 7 heteroatoms. The zero-order valence-electron chi connectivity index (χ0n) is 12.6. The van der Waals surface area contributed by atoms with Gasteiger partial charge in [-0.05, 0) is 42.8 Å². The Bertz CT molecular complexity index is 821. The fourth-order valence-electron chi connectivity index (χ4n) is 2.24. The van der Waals surface area contributed by atoms with Crippen LogP contribution in [0.4, 0.5) is 10.1 Å². The second-order valence-electron chi connectivity index (χ2n) is 5.22. The van der Waals surface area contributed by atoms with Gasteiger partial charge in [0.15, 0.2) is 5.50 Å². The minimum absolute atomic E-state index is 0.205. The van der Waals surface area contributed by atoms with Gasteiger partial charge in [-0.2, -0.15) is 0 Å². The predicted molar refractivity (Wildman–Crippen MR) is 98.7 cm³/mol. The maximum atomic E-state index is 13.9. The fraction of sp³-hybridized carbons (Fsp3) is 0.118. The van der Waals surface area contributed by atoms with Crippen LogP contribution in [-0.4, -0.2) is 11.4 Å². The van der Waals surface area contributed by atoms with Crippen LogP contribution < -0.4 is 10.6 Å². The van der Waals surface area contributed by atoms with Crippen molar-refractivity contribution in [2.24, 2.45) is 0 Å². The third-order valence-corrected chi connectivity index (χ3v) is 5.09.